The van der Waals surface area contributed by atoms with Gasteiger partial charge in [-0.2, -0.15) is 0 Å². The van der Waals surface area contributed by atoms with Crippen LogP contribution in [0.5, 0.6) is 0 Å². The van der Waals surface area contributed by atoms with Crippen molar-refractivity contribution in [2.75, 3.05) is 6.61 Å². The van der Waals surface area contributed by atoms with E-state index in [1.165, 1.54) is 4.90 Å². The Hall–Kier alpha value is -2.87. The van der Waals surface area contributed by atoms with Crippen LogP contribution in [-0.2, 0) is 20.7 Å². The first-order valence-corrected chi connectivity index (χ1v) is 10.4. The second kappa shape index (κ2) is 8.34. The molecule has 2 saturated heterocycles. The number of carbonyl (C=O) groups excluding carboxylic acids is 2. The Morgan fingerprint density at radius 3 is 2.48 bits per heavy atom. The number of hydrogen-bond donors (Lipinski definition) is 1. The van der Waals surface area contributed by atoms with E-state index in [1.807, 2.05) is 30.3 Å². The monoisotopic (exact) mass is 430 g/mol. The van der Waals surface area contributed by atoms with Gasteiger partial charge in [0.15, 0.2) is 0 Å². The molecule has 2 unspecified atom stereocenters. The van der Waals surface area contributed by atoms with E-state index in [0.29, 0.717) is 18.4 Å². The van der Waals surface area contributed by atoms with E-state index in [9.17, 15) is 19.5 Å². The molecule has 168 valence electrons. The molecule has 1 aromatic carbocycles. The first-order chi connectivity index (χ1) is 14.4. The van der Waals surface area contributed by atoms with Crippen molar-refractivity contribution >= 4 is 18.1 Å². The Kier molecular flexibility index (Phi) is 6.14. The summed E-state index contributed by atoms with van der Waals surface area (Å²) in [5.74, 6) is -0.453. The third-order valence-electron chi connectivity index (χ3n) is 5.34. The Bertz CT molecular complexity index is 887. The van der Waals surface area contributed by atoms with Gasteiger partial charge in [-0.05, 0) is 53.0 Å². The van der Waals surface area contributed by atoms with Gasteiger partial charge in [0.2, 0.25) is 0 Å². The zero-order valence-corrected chi connectivity index (χ0v) is 18.6. The van der Waals surface area contributed by atoms with Gasteiger partial charge >= 0.3 is 12.2 Å². The second-order valence-corrected chi connectivity index (χ2v) is 9.37. The van der Waals surface area contributed by atoms with Gasteiger partial charge in [-0.15, -0.1) is 0 Å². The summed E-state index contributed by atoms with van der Waals surface area (Å²) in [6.45, 7) is 8.72. The largest absolute Gasteiger partial charge is 0.465 e. The molecule has 2 atom stereocenters. The van der Waals surface area contributed by atoms with Crippen LogP contribution < -0.4 is 0 Å². The molecule has 0 aromatic heterocycles. The number of rotatable bonds is 3. The molecule has 31 heavy (non-hydrogen) atoms. The topological polar surface area (TPSA) is 96.4 Å². The maximum atomic E-state index is 13.2. The summed E-state index contributed by atoms with van der Waals surface area (Å²) in [5.41, 5.74) is -0.356. The smallest absolute Gasteiger partial charge is 0.417 e. The van der Waals surface area contributed by atoms with Crippen molar-refractivity contribution in [1.29, 1.82) is 0 Å². The van der Waals surface area contributed by atoms with Crippen LogP contribution in [0.15, 0.2) is 42.0 Å². The Labute approximate surface area is 182 Å². The number of imide groups is 1. The lowest BCUT2D eigenvalue weighted by atomic mass is 10.0. The van der Waals surface area contributed by atoms with Gasteiger partial charge in [-0.1, -0.05) is 36.4 Å². The fourth-order valence-electron chi connectivity index (χ4n) is 4.04. The summed E-state index contributed by atoms with van der Waals surface area (Å²) in [4.78, 5) is 40.2. The SMILES string of the molecule is CC(C)(C)OC(=O)N1C(=O)/C(=C/C2COC(C)(C)N2C(=O)O)CC1Cc1ccccc1. The van der Waals surface area contributed by atoms with Crippen LogP contribution in [0.2, 0.25) is 0 Å². The summed E-state index contributed by atoms with van der Waals surface area (Å²) in [6, 6.07) is 8.58. The molecule has 2 heterocycles. The zero-order valence-electron chi connectivity index (χ0n) is 18.6. The molecular weight excluding hydrogens is 400 g/mol. The van der Waals surface area contributed by atoms with E-state index in [1.54, 1.807) is 40.7 Å². The summed E-state index contributed by atoms with van der Waals surface area (Å²) >= 11 is 0. The van der Waals surface area contributed by atoms with Crippen LogP contribution in [0.1, 0.15) is 46.6 Å². The van der Waals surface area contributed by atoms with Gasteiger partial charge in [0.1, 0.15) is 11.3 Å². The van der Waals surface area contributed by atoms with Crippen molar-refractivity contribution in [1.82, 2.24) is 9.80 Å². The van der Waals surface area contributed by atoms with Gasteiger partial charge in [0.25, 0.3) is 5.91 Å². The molecule has 3 amide bonds. The van der Waals surface area contributed by atoms with E-state index in [4.69, 9.17) is 9.47 Å². The molecule has 1 N–H and O–H groups in total. The highest BCUT2D eigenvalue weighted by atomic mass is 16.6. The molecule has 8 heteroatoms. The lowest BCUT2D eigenvalue weighted by Crippen LogP contribution is -2.46. The van der Waals surface area contributed by atoms with Crippen LogP contribution >= 0.6 is 0 Å². The normalized spacial score (nSPS) is 24.7. The minimum atomic E-state index is -1.13. The van der Waals surface area contributed by atoms with Crippen LogP contribution in [-0.4, -0.2) is 63.0 Å². The highest BCUT2D eigenvalue weighted by molar-refractivity contribution is 6.05. The molecule has 2 aliphatic rings. The summed E-state index contributed by atoms with van der Waals surface area (Å²) in [7, 11) is 0. The van der Waals surface area contributed by atoms with Gasteiger partial charge in [-0.3, -0.25) is 9.69 Å². The van der Waals surface area contributed by atoms with Crippen molar-refractivity contribution in [3.63, 3.8) is 0 Å². The van der Waals surface area contributed by atoms with Crippen LogP contribution in [0.3, 0.4) is 0 Å². The minimum absolute atomic E-state index is 0.145. The number of carbonyl (C=O) groups is 3. The van der Waals surface area contributed by atoms with Crippen molar-refractivity contribution in [2.24, 2.45) is 0 Å². The predicted molar refractivity (Wildman–Crippen MR) is 113 cm³/mol. The summed E-state index contributed by atoms with van der Waals surface area (Å²) in [6.07, 6.45) is 0.600. The highest BCUT2D eigenvalue weighted by Crippen LogP contribution is 2.33. The van der Waals surface area contributed by atoms with Crippen molar-refractivity contribution < 1.29 is 29.0 Å². The van der Waals surface area contributed by atoms with E-state index < -0.39 is 41.5 Å². The average molecular weight is 431 g/mol. The van der Waals surface area contributed by atoms with Crippen LogP contribution in [0.4, 0.5) is 9.59 Å². The highest BCUT2D eigenvalue weighted by Gasteiger charge is 2.46. The van der Waals surface area contributed by atoms with Gasteiger partial charge in [0, 0.05) is 5.57 Å². The van der Waals surface area contributed by atoms with E-state index in [-0.39, 0.29) is 6.61 Å². The number of nitrogens with zero attached hydrogens (tertiary/aromatic N) is 2. The molecule has 2 aliphatic heterocycles. The Morgan fingerprint density at radius 2 is 1.90 bits per heavy atom. The maximum Gasteiger partial charge on any atom is 0.417 e. The third kappa shape index (κ3) is 5.07. The molecule has 0 radical (unpaired) electrons. The molecule has 1 aromatic rings. The lowest BCUT2D eigenvalue weighted by Gasteiger charge is -2.30. The van der Waals surface area contributed by atoms with E-state index >= 15 is 0 Å². The first kappa shape index (κ1) is 22.8. The van der Waals surface area contributed by atoms with Gasteiger partial charge < -0.3 is 14.6 Å². The van der Waals surface area contributed by atoms with Crippen molar-refractivity contribution in [3.05, 3.63) is 47.5 Å². The molecule has 0 spiro atoms. The fourth-order valence-corrected chi connectivity index (χ4v) is 4.04. The predicted octanol–water partition coefficient (Wildman–Crippen LogP) is 3.81. The standard InChI is InChI=1S/C23H30N2O6/c1-22(2,3)31-21(29)24-17(11-15-9-7-6-8-10-15)12-16(19(24)26)13-18-14-30-23(4,5)25(18)20(27)28/h6-10,13,17-18H,11-12,14H2,1-5H3,(H,27,28)/b16-13+. The van der Waals surface area contributed by atoms with E-state index in [0.717, 1.165) is 10.5 Å². The quantitative estimate of drug-likeness (QED) is 0.733. The minimum Gasteiger partial charge on any atom is -0.465 e. The number of carboxylic acid groups (broad SMARTS) is 1. The number of hydrogen-bond acceptors (Lipinski definition) is 5. The average Bonchev–Trinajstić information content (AvgIpc) is 3.10. The lowest BCUT2D eigenvalue weighted by molar-refractivity contribution is -0.125. The van der Waals surface area contributed by atoms with Crippen molar-refractivity contribution in [2.45, 2.75) is 70.9 Å². The Morgan fingerprint density at radius 1 is 1.26 bits per heavy atom. The maximum absolute atomic E-state index is 13.2. The molecular formula is C23H30N2O6. The Balaban J connectivity index is 1.90. The van der Waals surface area contributed by atoms with Gasteiger partial charge in [-0.25, -0.2) is 14.5 Å². The van der Waals surface area contributed by atoms with E-state index in [2.05, 4.69) is 0 Å². The number of amides is 3. The molecule has 0 saturated carbocycles. The number of benzene rings is 1. The van der Waals surface area contributed by atoms with Crippen molar-refractivity contribution in [3.8, 4) is 0 Å². The number of likely N-dealkylation sites (tertiary alicyclic amines) is 1. The van der Waals surface area contributed by atoms with Gasteiger partial charge in [0.05, 0.1) is 18.7 Å². The van der Waals surface area contributed by atoms with Crippen LogP contribution in [0, 0.1) is 0 Å². The fraction of sp³-hybridized carbons (Fsp3) is 0.522. The summed E-state index contributed by atoms with van der Waals surface area (Å²) < 4.78 is 11.1. The molecule has 3 rings (SSSR count). The molecule has 0 bridgehead atoms. The zero-order chi connectivity index (χ0) is 23.0. The number of ether oxygens (including phenoxy) is 2. The third-order valence-corrected chi connectivity index (χ3v) is 5.34. The molecule has 2 fully saturated rings. The second-order valence-electron chi connectivity index (χ2n) is 9.37. The molecule has 0 aliphatic carbocycles. The summed E-state index contributed by atoms with van der Waals surface area (Å²) in [5, 5.41) is 9.62. The first-order valence-electron chi connectivity index (χ1n) is 10.4. The molecule has 8 nitrogen and oxygen atoms in total. The van der Waals surface area contributed by atoms with Crippen LogP contribution in [0.25, 0.3) is 0 Å².